The molecule has 1 heterocycles. The number of fused-ring (bicyclic) bond motifs is 1. The summed E-state index contributed by atoms with van der Waals surface area (Å²) < 4.78 is 0. The average Bonchev–Trinajstić information content (AvgIpc) is 2.04. The van der Waals surface area contributed by atoms with Crippen molar-refractivity contribution in [2.45, 2.75) is 0 Å². The zero-order chi connectivity index (χ0) is 8.55. The van der Waals surface area contributed by atoms with Crippen LogP contribution in [0.15, 0.2) is 18.2 Å². The van der Waals surface area contributed by atoms with Crippen molar-refractivity contribution in [2.24, 2.45) is 0 Å². The Balaban J connectivity index is 2.89. The Morgan fingerprint density at radius 3 is 2.92 bits per heavy atom. The summed E-state index contributed by atoms with van der Waals surface area (Å²) in [5.41, 5.74) is 11.7. The van der Waals surface area contributed by atoms with Crippen LogP contribution in [0.3, 0.4) is 0 Å². The monoisotopic (exact) mass is 159 g/mol. The van der Waals surface area contributed by atoms with Gasteiger partial charge < -0.3 is 11.5 Å². The molecule has 1 radical (unpaired) electrons. The summed E-state index contributed by atoms with van der Waals surface area (Å²) >= 11 is 0. The van der Waals surface area contributed by atoms with Crippen molar-refractivity contribution in [2.75, 3.05) is 11.5 Å². The fourth-order valence-corrected chi connectivity index (χ4v) is 1.06. The van der Waals surface area contributed by atoms with Gasteiger partial charge in [-0.1, -0.05) is 6.07 Å². The Morgan fingerprint density at radius 2 is 2.08 bits per heavy atom. The van der Waals surface area contributed by atoms with Gasteiger partial charge >= 0.3 is 0 Å². The first-order valence-corrected chi connectivity index (χ1v) is 3.46. The van der Waals surface area contributed by atoms with E-state index in [4.69, 9.17) is 11.5 Å². The van der Waals surface area contributed by atoms with Gasteiger partial charge in [0.25, 0.3) is 0 Å². The van der Waals surface area contributed by atoms with Crippen LogP contribution < -0.4 is 11.5 Å². The number of rotatable bonds is 0. The van der Waals surface area contributed by atoms with E-state index in [1.54, 1.807) is 12.1 Å². The number of hydrogen-bond acceptors (Lipinski definition) is 4. The maximum absolute atomic E-state index is 5.61. The van der Waals surface area contributed by atoms with Gasteiger partial charge in [0, 0.05) is 5.39 Å². The molecule has 2 rings (SSSR count). The molecule has 0 amide bonds. The van der Waals surface area contributed by atoms with Crippen molar-refractivity contribution in [1.29, 1.82) is 0 Å². The maximum atomic E-state index is 5.61. The van der Waals surface area contributed by atoms with Crippen molar-refractivity contribution in [1.82, 2.24) is 9.97 Å². The van der Waals surface area contributed by atoms with E-state index in [1.165, 1.54) is 0 Å². The van der Waals surface area contributed by atoms with Gasteiger partial charge in [-0.25, -0.2) is 4.98 Å². The molecule has 0 saturated heterocycles. The first-order chi connectivity index (χ1) is 5.77. The molecular formula is C8H7N4. The van der Waals surface area contributed by atoms with E-state index in [-0.39, 0.29) is 5.95 Å². The SMILES string of the molecule is Nc1nc(N)c2cc[c]cc2n1. The van der Waals surface area contributed by atoms with Crippen molar-refractivity contribution < 1.29 is 0 Å². The first-order valence-electron chi connectivity index (χ1n) is 3.46. The van der Waals surface area contributed by atoms with E-state index < -0.39 is 0 Å². The van der Waals surface area contributed by atoms with Gasteiger partial charge in [0.05, 0.1) is 5.52 Å². The Labute approximate surface area is 69.2 Å². The minimum Gasteiger partial charge on any atom is -0.383 e. The average molecular weight is 159 g/mol. The van der Waals surface area contributed by atoms with Gasteiger partial charge in [0.15, 0.2) is 0 Å². The largest absolute Gasteiger partial charge is 0.383 e. The van der Waals surface area contributed by atoms with E-state index >= 15 is 0 Å². The van der Waals surface area contributed by atoms with Gasteiger partial charge in [0.2, 0.25) is 5.95 Å². The summed E-state index contributed by atoms with van der Waals surface area (Å²) in [6.07, 6.45) is 0. The minimum absolute atomic E-state index is 0.194. The van der Waals surface area contributed by atoms with Crippen molar-refractivity contribution in [3.63, 3.8) is 0 Å². The molecule has 1 aromatic heterocycles. The molecule has 0 aliphatic rings. The summed E-state index contributed by atoms with van der Waals surface area (Å²) in [6, 6.07) is 8.19. The lowest BCUT2D eigenvalue weighted by Crippen LogP contribution is -1.99. The summed E-state index contributed by atoms with van der Waals surface area (Å²) in [4.78, 5) is 7.82. The smallest absolute Gasteiger partial charge is 0.222 e. The highest BCUT2D eigenvalue weighted by atomic mass is 15.0. The quantitative estimate of drug-likeness (QED) is 0.589. The van der Waals surface area contributed by atoms with E-state index in [9.17, 15) is 0 Å². The van der Waals surface area contributed by atoms with Crippen LogP contribution >= 0.6 is 0 Å². The number of nitrogens with two attached hydrogens (primary N) is 2. The number of aromatic nitrogens is 2. The lowest BCUT2D eigenvalue weighted by atomic mass is 10.2. The van der Waals surface area contributed by atoms with E-state index in [0.717, 1.165) is 10.9 Å². The third kappa shape index (κ3) is 0.934. The van der Waals surface area contributed by atoms with Crippen LogP contribution in [0.5, 0.6) is 0 Å². The zero-order valence-corrected chi connectivity index (χ0v) is 6.28. The fourth-order valence-electron chi connectivity index (χ4n) is 1.06. The molecule has 2 aromatic rings. The second-order valence-electron chi connectivity index (χ2n) is 2.41. The van der Waals surface area contributed by atoms with Crippen LogP contribution in [-0.2, 0) is 0 Å². The van der Waals surface area contributed by atoms with Crippen molar-refractivity contribution >= 4 is 22.7 Å². The predicted molar refractivity (Wildman–Crippen MR) is 47.2 cm³/mol. The summed E-state index contributed by atoms with van der Waals surface area (Å²) in [5.74, 6) is 0.603. The zero-order valence-electron chi connectivity index (χ0n) is 6.28. The molecular weight excluding hydrogens is 152 g/mol. The third-order valence-electron chi connectivity index (χ3n) is 1.59. The molecule has 0 saturated carbocycles. The molecule has 0 aliphatic carbocycles. The molecule has 1 aromatic carbocycles. The number of nitrogen functional groups attached to an aromatic ring is 2. The Bertz CT molecular complexity index is 424. The third-order valence-corrected chi connectivity index (χ3v) is 1.59. The fraction of sp³-hybridized carbons (Fsp3) is 0. The Morgan fingerprint density at radius 1 is 1.25 bits per heavy atom. The van der Waals surface area contributed by atoms with Crippen LogP contribution in [0.25, 0.3) is 10.9 Å². The highest BCUT2D eigenvalue weighted by Gasteiger charge is 2.00. The molecule has 0 atom stereocenters. The molecule has 12 heavy (non-hydrogen) atoms. The molecule has 0 bridgehead atoms. The van der Waals surface area contributed by atoms with Gasteiger partial charge in [-0.05, 0) is 18.2 Å². The molecule has 59 valence electrons. The summed E-state index contributed by atoms with van der Waals surface area (Å²) in [6.45, 7) is 0. The maximum Gasteiger partial charge on any atom is 0.222 e. The first kappa shape index (κ1) is 6.84. The van der Waals surface area contributed by atoms with Crippen LogP contribution in [0.4, 0.5) is 11.8 Å². The molecule has 4 N–H and O–H groups in total. The highest BCUT2D eigenvalue weighted by molar-refractivity contribution is 5.88. The molecule has 0 unspecified atom stereocenters. The Hall–Kier alpha value is -1.84. The lowest BCUT2D eigenvalue weighted by molar-refractivity contribution is 1.25. The second kappa shape index (κ2) is 2.34. The highest BCUT2D eigenvalue weighted by Crippen LogP contribution is 2.16. The van der Waals surface area contributed by atoms with Crippen molar-refractivity contribution in [3.8, 4) is 0 Å². The minimum atomic E-state index is 0.194. The number of anilines is 2. The van der Waals surface area contributed by atoms with Gasteiger partial charge in [-0.3, -0.25) is 0 Å². The van der Waals surface area contributed by atoms with Gasteiger partial charge in [-0.15, -0.1) is 0 Å². The van der Waals surface area contributed by atoms with Crippen LogP contribution in [0.1, 0.15) is 0 Å². The van der Waals surface area contributed by atoms with Crippen LogP contribution in [0, 0.1) is 6.07 Å². The van der Waals surface area contributed by atoms with E-state index in [1.807, 2.05) is 6.07 Å². The topological polar surface area (TPSA) is 77.8 Å². The molecule has 0 spiro atoms. The summed E-state index contributed by atoms with van der Waals surface area (Å²) in [5, 5.41) is 0.808. The lowest BCUT2D eigenvalue weighted by Gasteiger charge is -2.00. The number of nitrogens with zero attached hydrogens (tertiary/aromatic N) is 2. The predicted octanol–water partition coefficient (Wildman–Crippen LogP) is 0.594. The van der Waals surface area contributed by atoms with Gasteiger partial charge in [0.1, 0.15) is 5.82 Å². The normalized spacial score (nSPS) is 10.3. The second-order valence-corrected chi connectivity index (χ2v) is 2.41. The number of benzene rings is 1. The summed E-state index contributed by atoms with van der Waals surface area (Å²) in [7, 11) is 0. The van der Waals surface area contributed by atoms with E-state index in [2.05, 4.69) is 16.0 Å². The molecule has 0 aliphatic heterocycles. The van der Waals surface area contributed by atoms with Crippen LogP contribution in [0.2, 0.25) is 0 Å². The van der Waals surface area contributed by atoms with Crippen molar-refractivity contribution in [3.05, 3.63) is 24.3 Å². The number of hydrogen-bond donors (Lipinski definition) is 2. The molecule has 4 nitrogen and oxygen atoms in total. The van der Waals surface area contributed by atoms with E-state index in [0.29, 0.717) is 5.82 Å². The molecule has 4 heteroatoms. The molecule has 0 fully saturated rings. The Kier molecular flexibility index (Phi) is 1.33. The van der Waals surface area contributed by atoms with Crippen LogP contribution in [-0.4, -0.2) is 9.97 Å². The van der Waals surface area contributed by atoms with Gasteiger partial charge in [-0.2, -0.15) is 4.98 Å². The standard InChI is InChI=1S/C8H7N4/c9-7-5-3-1-2-4-6(5)11-8(10)12-7/h1,3-4H,(H4,9,10,11,12).